The summed E-state index contributed by atoms with van der Waals surface area (Å²) in [7, 11) is 0. The van der Waals surface area contributed by atoms with Crippen LogP contribution in [-0.4, -0.2) is 11.3 Å². The van der Waals surface area contributed by atoms with Crippen LogP contribution in [0.5, 0.6) is 11.5 Å². The molecule has 0 radical (unpaired) electrons. The number of aliphatic imine (C=N–C) groups is 1. The third-order valence-electron chi connectivity index (χ3n) is 7.04. The normalized spacial score (nSPS) is 18.3. The van der Waals surface area contributed by atoms with E-state index in [0.717, 1.165) is 35.6 Å². The smallest absolute Gasteiger partial charge is 0.135 e. The van der Waals surface area contributed by atoms with Crippen molar-refractivity contribution in [2.75, 3.05) is 0 Å². The fourth-order valence-corrected chi connectivity index (χ4v) is 5.21. The lowest BCUT2D eigenvalue weighted by atomic mass is 9.72. The number of nitrogens with zero attached hydrogens (tertiary/aromatic N) is 1. The van der Waals surface area contributed by atoms with E-state index in [1.54, 1.807) is 0 Å². The van der Waals surface area contributed by atoms with Gasteiger partial charge in [-0.15, -0.1) is 0 Å². The fraction of sp³-hybridized carbons (Fsp3) is 0.296. The van der Waals surface area contributed by atoms with Crippen LogP contribution in [0.1, 0.15) is 57.6 Å². The first-order valence-corrected chi connectivity index (χ1v) is 10.7. The van der Waals surface area contributed by atoms with Gasteiger partial charge in [-0.2, -0.15) is 0 Å². The monoisotopic (exact) mass is 381 g/mol. The lowest BCUT2D eigenvalue weighted by molar-refractivity contribution is 0.334. The summed E-state index contributed by atoms with van der Waals surface area (Å²) in [4.78, 5) is 5.20. The zero-order valence-electron chi connectivity index (χ0n) is 17.6. The van der Waals surface area contributed by atoms with E-state index in [1.165, 1.54) is 27.8 Å². The average Bonchev–Trinajstić information content (AvgIpc) is 2.90. The van der Waals surface area contributed by atoms with E-state index in [4.69, 9.17) is 9.73 Å². The highest BCUT2D eigenvalue weighted by atomic mass is 16.5. The van der Waals surface area contributed by atoms with Crippen molar-refractivity contribution in [1.82, 2.24) is 0 Å². The maximum atomic E-state index is 6.48. The Morgan fingerprint density at radius 2 is 1.41 bits per heavy atom. The minimum absolute atomic E-state index is 0.0145. The Balaban J connectivity index is 1.80. The Kier molecular flexibility index (Phi) is 4.13. The van der Waals surface area contributed by atoms with Crippen LogP contribution in [0.3, 0.4) is 0 Å². The zero-order valence-corrected chi connectivity index (χ0v) is 17.6. The van der Waals surface area contributed by atoms with Crippen molar-refractivity contribution in [3.8, 4) is 33.8 Å². The second-order valence-corrected chi connectivity index (χ2v) is 8.31. The second-order valence-electron chi connectivity index (χ2n) is 8.31. The lowest BCUT2D eigenvalue weighted by Crippen LogP contribution is -2.36. The van der Waals surface area contributed by atoms with Gasteiger partial charge in [-0.3, -0.25) is 4.99 Å². The molecule has 0 saturated carbocycles. The number of benzene rings is 3. The molecule has 0 bridgehead atoms. The van der Waals surface area contributed by atoms with E-state index in [2.05, 4.69) is 82.3 Å². The third kappa shape index (κ3) is 2.58. The van der Waals surface area contributed by atoms with Crippen molar-refractivity contribution in [3.63, 3.8) is 0 Å². The molecule has 0 amide bonds. The number of rotatable bonds is 2. The van der Waals surface area contributed by atoms with Gasteiger partial charge in [0.2, 0.25) is 0 Å². The van der Waals surface area contributed by atoms with Crippen LogP contribution in [0, 0.1) is 0 Å². The van der Waals surface area contributed by atoms with Crippen molar-refractivity contribution in [2.45, 2.75) is 52.0 Å². The molecule has 0 fully saturated rings. The largest absolute Gasteiger partial charge is 0.456 e. The molecule has 2 aliphatic heterocycles. The molecular formula is C27H27NO. The standard InChI is InChI=1S/C27H27NO/c1-5-27(6-2)17(3)22-15-24-20-12-8-7-11-19(20)21-13-9-10-14-25(21)29-26(24)16-23(22)18(4)28-27/h7-17H,5-6H2,1-4H3/t17-/m1/s1. The molecule has 146 valence electrons. The lowest BCUT2D eigenvalue weighted by Gasteiger charge is -2.40. The van der Waals surface area contributed by atoms with Crippen molar-refractivity contribution < 1.29 is 4.74 Å². The molecule has 0 aliphatic carbocycles. The van der Waals surface area contributed by atoms with Gasteiger partial charge in [0.1, 0.15) is 11.5 Å². The van der Waals surface area contributed by atoms with Gasteiger partial charge in [0, 0.05) is 28.3 Å². The summed E-state index contributed by atoms with van der Waals surface area (Å²) in [5.74, 6) is 2.20. The predicted octanol–water partition coefficient (Wildman–Crippen LogP) is 7.61. The quantitative estimate of drug-likeness (QED) is 0.350. The van der Waals surface area contributed by atoms with Crippen molar-refractivity contribution in [2.24, 2.45) is 4.99 Å². The molecular weight excluding hydrogens is 354 g/mol. The summed E-state index contributed by atoms with van der Waals surface area (Å²) in [6.45, 7) is 9.02. The van der Waals surface area contributed by atoms with Gasteiger partial charge in [-0.25, -0.2) is 0 Å². The first-order chi connectivity index (χ1) is 14.1. The van der Waals surface area contributed by atoms with Crippen LogP contribution in [0.4, 0.5) is 0 Å². The second kappa shape index (κ2) is 6.59. The summed E-state index contributed by atoms with van der Waals surface area (Å²) in [5, 5.41) is 0. The number of hydrogen-bond acceptors (Lipinski definition) is 2. The molecule has 0 N–H and O–H groups in total. The Labute approximate surface area is 173 Å². The van der Waals surface area contributed by atoms with Crippen molar-refractivity contribution in [1.29, 1.82) is 0 Å². The molecule has 1 atom stereocenters. The molecule has 2 aliphatic rings. The number of hydrogen-bond donors (Lipinski definition) is 0. The number of fused-ring (bicyclic) bond motifs is 6. The van der Waals surface area contributed by atoms with Gasteiger partial charge in [0.25, 0.3) is 0 Å². The Bertz CT molecular complexity index is 1140. The molecule has 3 aromatic rings. The molecule has 0 spiro atoms. The predicted molar refractivity (Wildman–Crippen MR) is 121 cm³/mol. The molecule has 3 aromatic carbocycles. The van der Waals surface area contributed by atoms with Gasteiger partial charge < -0.3 is 4.74 Å². The van der Waals surface area contributed by atoms with Crippen LogP contribution < -0.4 is 4.74 Å². The highest BCUT2D eigenvalue weighted by Gasteiger charge is 2.39. The molecule has 29 heavy (non-hydrogen) atoms. The molecule has 0 saturated heterocycles. The van der Waals surface area contributed by atoms with E-state index < -0.39 is 0 Å². The topological polar surface area (TPSA) is 21.6 Å². The van der Waals surface area contributed by atoms with E-state index >= 15 is 0 Å². The van der Waals surface area contributed by atoms with Gasteiger partial charge in [0.05, 0.1) is 5.54 Å². The molecule has 0 aromatic heterocycles. The molecule has 2 heterocycles. The highest BCUT2D eigenvalue weighted by molar-refractivity contribution is 6.03. The van der Waals surface area contributed by atoms with Crippen LogP contribution >= 0.6 is 0 Å². The summed E-state index contributed by atoms with van der Waals surface area (Å²) in [5.41, 5.74) is 8.52. The summed E-state index contributed by atoms with van der Waals surface area (Å²) < 4.78 is 6.48. The summed E-state index contributed by atoms with van der Waals surface area (Å²) in [6.07, 6.45) is 2.11. The average molecular weight is 382 g/mol. The van der Waals surface area contributed by atoms with Crippen LogP contribution in [0.2, 0.25) is 0 Å². The maximum Gasteiger partial charge on any atom is 0.135 e. The minimum atomic E-state index is -0.0145. The first-order valence-electron chi connectivity index (χ1n) is 10.7. The van der Waals surface area contributed by atoms with Crippen molar-refractivity contribution in [3.05, 3.63) is 71.8 Å². The molecule has 2 nitrogen and oxygen atoms in total. The Morgan fingerprint density at radius 1 is 0.793 bits per heavy atom. The Morgan fingerprint density at radius 3 is 2.10 bits per heavy atom. The minimum Gasteiger partial charge on any atom is -0.456 e. The molecule has 5 rings (SSSR count). The van der Waals surface area contributed by atoms with Crippen LogP contribution in [0.25, 0.3) is 22.3 Å². The first kappa shape index (κ1) is 18.2. The van der Waals surface area contributed by atoms with E-state index in [0.29, 0.717) is 5.92 Å². The SMILES string of the molecule is CCC1(CC)N=C(C)c2cc3c(cc2[C@H]1C)-c1ccccc1-c1ccccc1O3. The number of para-hydroxylation sites is 1. The molecule has 0 unspecified atom stereocenters. The zero-order chi connectivity index (χ0) is 20.2. The summed E-state index contributed by atoms with van der Waals surface area (Å²) in [6, 6.07) is 21.6. The van der Waals surface area contributed by atoms with Crippen molar-refractivity contribution >= 4 is 5.71 Å². The van der Waals surface area contributed by atoms with E-state index in [9.17, 15) is 0 Å². The van der Waals surface area contributed by atoms with Gasteiger partial charge in [-0.05, 0) is 54.7 Å². The van der Waals surface area contributed by atoms with Gasteiger partial charge in [0.15, 0.2) is 0 Å². The van der Waals surface area contributed by atoms with E-state index in [-0.39, 0.29) is 5.54 Å². The van der Waals surface area contributed by atoms with Crippen LogP contribution in [-0.2, 0) is 0 Å². The van der Waals surface area contributed by atoms with Crippen LogP contribution in [0.15, 0.2) is 65.7 Å². The highest BCUT2D eigenvalue weighted by Crippen LogP contribution is 2.50. The number of ether oxygens (including phenoxy) is 1. The molecule has 2 heteroatoms. The fourth-order valence-electron chi connectivity index (χ4n) is 5.21. The third-order valence-corrected chi connectivity index (χ3v) is 7.04. The maximum absolute atomic E-state index is 6.48. The van der Waals surface area contributed by atoms with Gasteiger partial charge in [-0.1, -0.05) is 63.2 Å². The van der Waals surface area contributed by atoms with E-state index in [1.807, 2.05) is 6.07 Å². The summed E-state index contributed by atoms with van der Waals surface area (Å²) >= 11 is 0. The van der Waals surface area contributed by atoms with Gasteiger partial charge >= 0.3 is 0 Å². The Hall–Kier alpha value is -2.87.